The lowest BCUT2D eigenvalue weighted by Crippen LogP contribution is -2.43. The van der Waals surface area contributed by atoms with Crippen LogP contribution in [0.25, 0.3) is 0 Å². The first-order chi connectivity index (χ1) is 14.7. The molecule has 1 aromatic carbocycles. The van der Waals surface area contributed by atoms with Gasteiger partial charge in [0, 0.05) is 24.6 Å². The first-order valence-electron chi connectivity index (χ1n) is 9.31. The Labute approximate surface area is 174 Å². The maximum Gasteiger partial charge on any atom is 0.416 e. The molecule has 160 valence electrons. The molecule has 8 nitrogen and oxygen atoms in total. The minimum Gasteiger partial charge on any atom is -0.305 e. The molecule has 0 spiro atoms. The van der Waals surface area contributed by atoms with Gasteiger partial charge in [0.1, 0.15) is 5.69 Å². The van der Waals surface area contributed by atoms with Crippen molar-refractivity contribution in [2.75, 3.05) is 16.8 Å². The molecule has 1 N–H and O–H groups in total. The van der Waals surface area contributed by atoms with Crippen molar-refractivity contribution in [1.82, 2.24) is 19.7 Å². The maximum atomic E-state index is 13.2. The molecule has 0 saturated carbocycles. The van der Waals surface area contributed by atoms with Crippen molar-refractivity contribution in [1.29, 1.82) is 0 Å². The molecule has 3 aromatic rings. The molecule has 4 rings (SSSR count). The second-order valence-electron chi connectivity index (χ2n) is 7.16. The molecule has 1 aliphatic heterocycles. The van der Waals surface area contributed by atoms with E-state index in [0.29, 0.717) is 5.69 Å². The molecular weight excluding hydrogens is 413 g/mol. The Bertz CT molecular complexity index is 1160. The van der Waals surface area contributed by atoms with Crippen LogP contribution in [0.1, 0.15) is 44.9 Å². The fourth-order valence-electron chi connectivity index (χ4n) is 3.53. The van der Waals surface area contributed by atoms with Crippen molar-refractivity contribution >= 4 is 23.3 Å². The fraction of sp³-hybridized carbons (Fsp3) is 0.250. The van der Waals surface area contributed by atoms with Crippen LogP contribution in [0.15, 0.2) is 43.0 Å². The van der Waals surface area contributed by atoms with Crippen LogP contribution in [0.5, 0.6) is 0 Å². The minimum atomic E-state index is -4.48. The van der Waals surface area contributed by atoms with Gasteiger partial charge in [-0.1, -0.05) is 0 Å². The van der Waals surface area contributed by atoms with Crippen LogP contribution in [0.4, 0.5) is 24.7 Å². The van der Waals surface area contributed by atoms with Crippen molar-refractivity contribution in [2.45, 2.75) is 26.1 Å². The molecule has 11 heteroatoms. The normalized spacial score (nSPS) is 16.2. The Morgan fingerprint density at radius 2 is 2.00 bits per heavy atom. The van der Waals surface area contributed by atoms with Gasteiger partial charge in [0.15, 0.2) is 5.82 Å². The van der Waals surface area contributed by atoms with E-state index >= 15 is 0 Å². The number of aryl methyl sites for hydroxylation is 1. The van der Waals surface area contributed by atoms with Crippen LogP contribution in [-0.4, -0.2) is 38.1 Å². The number of nitrogens with one attached hydrogen (secondary N) is 1. The predicted octanol–water partition coefficient (Wildman–Crippen LogP) is 3.47. The van der Waals surface area contributed by atoms with Crippen LogP contribution < -0.4 is 10.2 Å². The standard InChI is InChI=1S/C20H17F3N6O2/c1-11-7-13(3-4-15(11)20(21,22)23)28-10-12(2)29-17(19(28)31)14(8-26-29)18(30)27-16-9-24-5-6-25-16/h3-9,12H,10H2,1-2H3,(H,25,27,30)/t12-/m0/s1. The first-order valence-corrected chi connectivity index (χ1v) is 9.31. The molecule has 1 atom stereocenters. The molecule has 0 fully saturated rings. The van der Waals surface area contributed by atoms with Crippen LogP contribution >= 0.6 is 0 Å². The Hall–Kier alpha value is -3.76. The van der Waals surface area contributed by atoms with E-state index in [9.17, 15) is 22.8 Å². The van der Waals surface area contributed by atoms with Crippen LogP contribution in [0.3, 0.4) is 0 Å². The third-order valence-corrected chi connectivity index (χ3v) is 4.98. The van der Waals surface area contributed by atoms with E-state index in [4.69, 9.17) is 0 Å². The molecule has 1 aliphatic rings. The summed E-state index contributed by atoms with van der Waals surface area (Å²) in [5, 5.41) is 6.72. The van der Waals surface area contributed by atoms with Gasteiger partial charge >= 0.3 is 6.18 Å². The van der Waals surface area contributed by atoms with E-state index in [2.05, 4.69) is 20.4 Å². The second-order valence-corrected chi connectivity index (χ2v) is 7.16. The highest BCUT2D eigenvalue weighted by Gasteiger charge is 2.37. The summed E-state index contributed by atoms with van der Waals surface area (Å²) >= 11 is 0. The molecule has 2 amide bonds. The summed E-state index contributed by atoms with van der Waals surface area (Å²) < 4.78 is 40.7. The Kier molecular flexibility index (Phi) is 4.96. The lowest BCUT2D eigenvalue weighted by Gasteiger charge is -2.32. The Morgan fingerprint density at radius 1 is 1.23 bits per heavy atom. The van der Waals surface area contributed by atoms with Gasteiger partial charge in [-0.3, -0.25) is 19.3 Å². The maximum absolute atomic E-state index is 13.2. The average Bonchev–Trinajstić information content (AvgIpc) is 3.17. The molecular formula is C20H17F3N6O2. The number of halogens is 3. The summed E-state index contributed by atoms with van der Waals surface area (Å²) in [6.45, 7) is 3.34. The SMILES string of the molecule is Cc1cc(N2C[C@H](C)n3ncc(C(=O)Nc4cnccn4)c3C2=O)ccc1C(F)(F)F. The van der Waals surface area contributed by atoms with Gasteiger partial charge in [0.2, 0.25) is 0 Å². The van der Waals surface area contributed by atoms with Crippen LogP contribution in [-0.2, 0) is 6.18 Å². The zero-order valence-electron chi connectivity index (χ0n) is 16.5. The molecule has 0 bridgehead atoms. The number of rotatable bonds is 3. The highest BCUT2D eigenvalue weighted by molar-refractivity contribution is 6.15. The van der Waals surface area contributed by atoms with Gasteiger partial charge in [-0.2, -0.15) is 18.3 Å². The number of fused-ring (bicyclic) bond motifs is 1. The molecule has 2 aromatic heterocycles. The van der Waals surface area contributed by atoms with Crippen molar-refractivity contribution in [3.63, 3.8) is 0 Å². The van der Waals surface area contributed by atoms with E-state index in [1.165, 1.54) is 53.4 Å². The number of nitrogens with zero attached hydrogens (tertiary/aromatic N) is 5. The minimum absolute atomic E-state index is 0.00477. The number of aromatic nitrogens is 4. The van der Waals surface area contributed by atoms with Crippen molar-refractivity contribution in [2.24, 2.45) is 0 Å². The van der Waals surface area contributed by atoms with Gasteiger partial charge in [-0.15, -0.1) is 0 Å². The number of hydrogen-bond donors (Lipinski definition) is 1. The largest absolute Gasteiger partial charge is 0.416 e. The van der Waals surface area contributed by atoms with E-state index in [0.717, 1.165) is 6.07 Å². The predicted molar refractivity (Wildman–Crippen MR) is 105 cm³/mol. The van der Waals surface area contributed by atoms with Crippen molar-refractivity contribution < 1.29 is 22.8 Å². The number of alkyl halides is 3. The van der Waals surface area contributed by atoms with E-state index in [1.807, 2.05) is 0 Å². The molecule has 0 saturated heterocycles. The number of carbonyl (C=O) groups excluding carboxylic acids is 2. The molecule has 31 heavy (non-hydrogen) atoms. The third-order valence-electron chi connectivity index (χ3n) is 4.98. The third kappa shape index (κ3) is 3.74. The van der Waals surface area contributed by atoms with Crippen molar-refractivity contribution in [3.8, 4) is 0 Å². The summed E-state index contributed by atoms with van der Waals surface area (Å²) in [6.07, 6.45) is 1.02. The van der Waals surface area contributed by atoms with E-state index in [1.54, 1.807) is 6.92 Å². The number of anilines is 2. The second kappa shape index (κ2) is 7.49. The average molecular weight is 430 g/mol. The molecule has 0 radical (unpaired) electrons. The van der Waals surface area contributed by atoms with Gasteiger partial charge in [-0.25, -0.2) is 4.98 Å². The molecule has 0 unspecified atom stereocenters. The van der Waals surface area contributed by atoms with Gasteiger partial charge in [0.25, 0.3) is 11.8 Å². The zero-order chi connectivity index (χ0) is 22.3. The highest BCUT2D eigenvalue weighted by Crippen LogP contribution is 2.35. The van der Waals surface area contributed by atoms with Gasteiger partial charge < -0.3 is 10.2 Å². The smallest absolute Gasteiger partial charge is 0.305 e. The Morgan fingerprint density at radius 3 is 2.65 bits per heavy atom. The molecule has 3 heterocycles. The van der Waals surface area contributed by atoms with Crippen LogP contribution in [0, 0.1) is 6.92 Å². The number of benzene rings is 1. The summed E-state index contributed by atoms with van der Waals surface area (Å²) in [6, 6.07) is 3.23. The topological polar surface area (TPSA) is 93.0 Å². The van der Waals surface area contributed by atoms with Gasteiger partial charge in [0.05, 0.1) is 29.6 Å². The lowest BCUT2D eigenvalue weighted by molar-refractivity contribution is -0.138. The quantitative estimate of drug-likeness (QED) is 0.687. The number of hydrogen-bond acceptors (Lipinski definition) is 5. The summed E-state index contributed by atoms with van der Waals surface area (Å²) in [7, 11) is 0. The highest BCUT2D eigenvalue weighted by atomic mass is 19.4. The molecule has 0 aliphatic carbocycles. The lowest BCUT2D eigenvalue weighted by atomic mass is 10.0. The van der Waals surface area contributed by atoms with Crippen molar-refractivity contribution in [3.05, 3.63) is 65.4 Å². The van der Waals surface area contributed by atoms with Crippen LogP contribution in [0.2, 0.25) is 0 Å². The summed E-state index contributed by atoms with van der Waals surface area (Å²) in [4.78, 5) is 35.1. The van der Waals surface area contributed by atoms with E-state index < -0.39 is 23.6 Å². The Balaban J connectivity index is 1.68. The van der Waals surface area contributed by atoms with Gasteiger partial charge in [-0.05, 0) is 37.6 Å². The summed E-state index contributed by atoms with van der Waals surface area (Å²) in [5.74, 6) is -0.911. The number of carbonyl (C=O) groups is 2. The zero-order valence-corrected chi connectivity index (χ0v) is 16.5. The first kappa shape index (κ1) is 20.5. The number of amides is 2. The monoisotopic (exact) mass is 430 g/mol. The van der Waals surface area contributed by atoms with E-state index in [-0.39, 0.29) is 35.2 Å². The fourth-order valence-corrected chi connectivity index (χ4v) is 3.53. The summed E-state index contributed by atoms with van der Waals surface area (Å²) in [5.41, 5.74) is -0.350.